The highest BCUT2D eigenvalue weighted by atomic mass is 16.5. The van der Waals surface area contributed by atoms with Crippen LogP contribution in [-0.4, -0.2) is 50.8 Å². The molecule has 124 valence electrons. The van der Waals surface area contributed by atoms with Gasteiger partial charge in [0.2, 0.25) is 0 Å². The predicted octanol–water partition coefficient (Wildman–Crippen LogP) is 3.58. The molecule has 1 aromatic rings. The zero-order valence-electron chi connectivity index (χ0n) is 14.4. The van der Waals surface area contributed by atoms with Gasteiger partial charge in [0.1, 0.15) is 0 Å². The van der Waals surface area contributed by atoms with Gasteiger partial charge in [0.25, 0.3) is 0 Å². The molecule has 0 atom stereocenters. The first-order chi connectivity index (χ1) is 10.8. The maximum absolute atomic E-state index is 5.39. The number of nitrogens with zero attached hydrogens (tertiary/aromatic N) is 2. The quantitative estimate of drug-likeness (QED) is 0.693. The molecular formula is C19H32N2O. The molecule has 0 bridgehead atoms. The van der Waals surface area contributed by atoms with Gasteiger partial charge in [-0.1, -0.05) is 26.0 Å². The van der Waals surface area contributed by atoms with Crippen molar-refractivity contribution in [3.05, 3.63) is 29.8 Å². The van der Waals surface area contributed by atoms with E-state index in [1.807, 2.05) is 0 Å². The van der Waals surface area contributed by atoms with Gasteiger partial charge >= 0.3 is 0 Å². The highest BCUT2D eigenvalue weighted by molar-refractivity contribution is 5.47. The Morgan fingerprint density at radius 2 is 1.64 bits per heavy atom. The Morgan fingerprint density at radius 1 is 1.00 bits per heavy atom. The molecule has 22 heavy (non-hydrogen) atoms. The summed E-state index contributed by atoms with van der Waals surface area (Å²) in [6.07, 6.45) is 4.84. The zero-order chi connectivity index (χ0) is 15.6. The average molecular weight is 304 g/mol. The third-order valence-electron chi connectivity index (χ3n) is 4.33. The van der Waals surface area contributed by atoms with Gasteiger partial charge in [0.05, 0.1) is 13.2 Å². The Morgan fingerprint density at radius 3 is 2.23 bits per heavy atom. The van der Waals surface area contributed by atoms with Gasteiger partial charge in [-0.2, -0.15) is 0 Å². The fraction of sp³-hybridized carbons (Fsp3) is 0.684. The van der Waals surface area contributed by atoms with Crippen molar-refractivity contribution in [3.63, 3.8) is 0 Å². The average Bonchev–Trinajstić information content (AvgIpc) is 2.56. The minimum atomic E-state index is 0.902. The third kappa shape index (κ3) is 5.62. The molecule has 1 aliphatic rings. The van der Waals surface area contributed by atoms with Gasteiger partial charge in [-0.15, -0.1) is 0 Å². The minimum Gasteiger partial charge on any atom is -0.379 e. The number of hydrogen-bond acceptors (Lipinski definition) is 3. The van der Waals surface area contributed by atoms with E-state index in [-0.39, 0.29) is 0 Å². The molecular weight excluding hydrogens is 272 g/mol. The molecule has 1 aliphatic heterocycles. The van der Waals surface area contributed by atoms with Crippen molar-refractivity contribution in [2.75, 3.05) is 50.8 Å². The summed E-state index contributed by atoms with van der Waals surface area (Å²) in [6.45, 7) is 12.0. The van der Waals surface area contributed by atoms with Crippen LogP contribution in [0.3, 0.4) is 0 Å². The molecule has 0 radical (unpaired) electrons. The van der Waals surface area contributed by atoms with Crippen LogP contribution < -0.4 is 4.90 Å². The number of benzene rings is 1. The standard InChI is InChI=1S/C19H32N2O/c1-3-11-21(12-4-2)19-9-7-18(8-10-19)6-5-13-20-14-16-22-17-15-20/h7-10H,3-6,11-17H2,1-2H3. The highest BCUT2D eigenvalue weighted by Gasteiger charge is 2.09. The molecule has 3 nitrogen and oxygen atoms in total. The highest BCUT2D eigenvalue weighted by Crippen LogP contribution is 2.17. The first-order valence-electron chi connectivity index (χ1n) is 8.97. The fourth-order valence-corrected chi connectivity index (χ4v) is 3.11. The Labute approximate surface area is 136 Å². The molecule has 0 aliphatic carbocycles. The second-order valence-electron chi connectivity index (χ2n) is 6.21. The van der Waals surface area contributed by atoms with Gasteiger partial charge < -0.3 is 9.64 Å². The van der Waals surface area contributed by atoms with Crippen molar-refractivity contribution in [1.29, 1.82) is 0 Å². The van der Waals surface area contributed by atoms with E-state index in [0.29, 0.717) is 0 Å². The summed E-state index contributed by atoms with van der Waals surface area (Å²) in [5.41, 5.74) is 2.84. The van der Waals surface area contributed by atoms with Gasteiger partial charge in [-0.05, 0) is 49.9 Å². The van der Waals surface area contributed by atoms with Crippen molar-refractivity contribution in [2.24, 2.45) is 0 Å². The lowest BCUT2D eigenvalue weighted by Crippen LogP contribution is -2.36. The summed E-state index contributed by atoms with van der Waals surface area (Å²) in [4.78, 5) is 5.01. The molecule has 0 unspecified atom stereocenters. The molecule has 0 saturated carbocycles. The summed E-state index contributed by atoms with van der Waals surface area (Å²) in [7, 11) is 0. The Hall–Kier alpha value is -1.06. The topological polar surface area (TPSA) is 15.7 Å². The maximum Gasteiger partial charge on any atom is 0.0594 e. The summed E-state index contributed by atoms with van der Waals surface area (Å²) >= 11 is 0. The number of ether oxygens (including phenoxy) is 1. The summed E-state index contributed by atoms with van der Waals surface area (Å²) < 4.78 is 5.39. The van der Waals surface area contributed by atoms with Gasteiger partial charge in [-0.3, -0.25) is 4.90 Å². The second-order valence-corrected chi connectivity index (χ2v) is 6.21. The molecule has 3 heteroatoms. The van der Waals surface area contributed by atoms with Crippen molar-refractivity contribution in [2.45, 2.75) is 39.5 Å². The van der Waals surface area contributed by atoms with E-state index >= 15 is 0 Å². The van der Waals surface area contributed by atoms with E-state index in [9.17, 15) is 0 Å². The second kappa shape index (κ2) is 9.86. The molecule has 1 saturated heterocycles. The van der Waals surface area contributed by atoms with Crippen LogP contribution in [0.4, 0.5) is 5.69 Å². The van der Waals surface area contributed by atoms with E-state index < -0.39 is 0 Å². The summed E-state index contributed by atoms with van der Waals surface area (Å²) in [5.74, 6) is 0. The smallest absolute Gasteiger partial charge is 0.0594 e. The number of hydrogen-bond donors (Lipinski definition) is 0. The van der Waals surface area contributed by atoms with Crippen molar-refractivity contribution in [1.82, 2.24) is 4.90 Å². The lowest BCUT2D eigenvalue weighted by molar-refractivity contribution is 0.0375. The van der Waals surface area contributed by atoms with E-state index in [2.05, 4.69) is 47.9 Å². The first kappa shape index (κ1) is 17.3. The van der Waals surface area contributed by atoms with Crippen LogP contribution in [0.2, 0.25) is 0 Å². The van der Waals surface area contributed by atoms with Crippen molar-refractivity contribution in [3.8, 4) is 0 Å². The molecule has 1 fully saturated rings. The minimum absolute atomic E-state index is 0.902. The van der Waals surface area contributed by atoms with Gasteiger partial charge in [0, 0.05) is 31.9 Å². The Balaban J connectivity index is 1.77. The summed E-state index contributed by atoms with van der Waals surface area (Å²) in [6, 6.07) is 9.23. The Bertz CT molecular complexity index is 392. The lowest BCUT2D eigenvalue weighted by atomic mass is 10.1. The van der Waals surface area contributed by atoms with Gasteiger partial charge in [0.15, 0.2) is 0 Å². The zero-order valence-corrected chi connectivity index (χ0v) is 14.4. The third-order valence-corrected chi connectivity index (χ3v) is 4.33. The van der Waals surface area contributed by atoms with Crippen molar-refractivity contribution >= 4 is 5.69 Å². The van der Waals surface area contributed by atoms with Crippen LogP contribution >= 0.6 is 0 Å². The first-order valence-corrected chi connectivity index (χ1v) is 8.97. The molecule has 0 spiro atoms. The number of morpholine rings is 1. The number of rotatable bonds is 9. The predicted molar refractivity (Wildman–Crippen MR) is 94.8 cm³/mol. The van der Waals surface area contributed by atoms with E-state index in [4.69, 9.17) is 4.74 Å². The van der Waals surface area contributed by atoms with Crippen LogP contribution in [0.1, 0.15) is 38.7 Å². The Kier molecular flexibility index (Phi) is 7.75. The normalized spacial score (nSPS) is 15.9. The fourth-order valence-electron chi connectivity index (χ4n) is 3.11. The molecule has 0 aromatic heterocycles. The summed E-state index contributed by atoms with van der Waals surface area (Å²) in [5, 5.41) is 0. The van der Waals surface area contributed by atoms with Crippen LogP contribution in [0.25, 0.3) is 0 Å². The van der Waals surface area contributed by atoms with Crippen LogP contribution in [0, 0.1) is 0 Å². The monoisotopic (exact) mass is 304 g/mol. The maximum atomic E-state index is 5.39. The molecule has 2 rings (SSSR count). The molecule has 0 amide bonds. The van der Waals surface area contributed by atoms with E-state index in [0.717, 1.165) is 39.4 Å². The van der Waals surface area contributed by atoms with E-state index in [1.165, 1.54) is 43.5 Å². The molecule has 0 N–H and O–H groups in total. The largest absolute Gasteiger partial charge is 0.379 e. The van der Waals surface area contributed by atoms with E-state index in [1.54, 1.807) is 0 Å². The SMILES string of the molecule is CCCN(CCC)c1ccc(CCCN2CCOCC2)cc1. The van der Waals surface area contributed by atoms with Crippen LogP contribution in [-0.2, 0) is 11.2 Å². The number of aryl methyl sites for hydroxylation is 1. The van der Waals surface area contributed by atoms with Crippen LogP contribution in [0.15, 0.2) is 24.3 Å². The van der Waals surface area contributed by atoms with Gasteiger partial charge in [-0.25, -0.2) is 0 Å². The van der Waals surface area contributed by atoms with Crippen LogP contribution in [0.5, 0.6) is 0 Å². The number of anilines is 1. The van der Waals surface area contributed by atoms with Crippen molar-refractivity contribution < 1.29 is 4.74 Å². The molecule has 1 aromatic carbocycles. The lowest BCUT2D eigenvalue weighted by Gasteiger charge is -2.26. The molecule has 1 heterocycles.